The summed E-state index contributed by atoms with van der Waals surface area (Å²) >= 11 is 0. The van der Waals surface area contributed by atoms with E-state index in [1.165, 1.54) is 6.92 Å². The summed E-state index contributed by atoms with van der Waals surface area (Å²) in [4.78, 5) is 20.9. The van der Waals surface area contributed by atoms with Crippen molar-refractivity contribution in [1.82, 2.24) is 9.97 Å². The highest BCUT2D eigenvalue weighted by atomic mass is 19.4. The number of halogens is 3. The Morgan fingerprint density at radius 3 is 2.22 bits per heavy atom. The van der Waals surface area contributed by atoms with Crippen molar-refractivity contribution in [2.45, 2.75) is 13.1 Å². The normalized spacial score (nSPS) is 11.2. The number of pyridine rings is 2. The Bertz CT molecular complexity index is 1400. The maximum atomic E-state index is 12.8. The summed E-state index contributed by atoms with van der Waals surface area (Å²) in [6.45, 7) is 1.36. The first kappa shape index (κ1) is 24.7. The van der Waals surface area contributed by atoms with Crippen molar-refractivity contribution < 1.29 is 27.4 Å². The van der Waals surface area contributed by atoms with Crippen molar-refractivity contribution in [1.29, 1.82) is 0 Å². The van der Waals surface area contributed by atoms with Gasteiger partial charge in [-0.2, -0.15) is 13.2 Å². The zero-order valence-electron chi connectivity index (χ0n) is 19.7. The summed E-state index contributed by atoms with van der Waals surface area (Å²) in [7, 11) is 3.18. The van der Waals surface area contributed by atoms with Gasteiger partial charge in [-0.05, 0) is 61.5 Å². The van der Waals surface area contributed by atoms with Crippen molar-refractivity contribution >= 4 is 11.6 Å². The van der Waals surface area contributed by atoms with E-state index < -0.39 is 17.8 Å². The third kappa shape index (κ3) is 5.30. The molecule has 0 radical (unpaired) electrons. The Labute approximate surface area is 205 Å². The molecule has 0 aliphatic heterocycles. The molecule has 0 saturated heterocycles. The van der Waals surface area contributed by atoms with Gasteiger partial charge in [-0.1, -0.05) is 18.2 Å². The summed E-state index contributed by atoms with van der Waals surface area (Å²) in [6.07, 6.45) is -4.57. The number of ether oxygens (including phenoxy) is 2. The molecule has 36 heavy (non-hydrogen) atoms. The Balaban J connectivity index is 1.54. The van der Waals surface area contributed by atoms with E-state index in [4.69, 9.17) is 14.5 Å². The SMILES string of the molecule is COc1ccc(OC)c(-c2cccc(-c3ccc(NC(=O)c4ccc(C(F)(F)F)nc4C)cc3)n2)c1. The van der Waals surface area contributed by atoms with E-state index in [2.05, 4.69) is 10.3 Å². The van der Waals surface area contributed by atoms with Crippen LogP contribution >= 0.6 is 0 Å². The highest BCUT2D eigenvalue weighted by Gasteiger charge is 2.33. The molecule has 0 aliphatic carbocycles. The molecule has 0 aliphatic rings. The Morgan fingerprint density at radius 2 is 1.58 bits per heavy atom. The largest absolute Gasteiger partial charge is 0.497 e. The third-order valence-corrected chi connectivity index (χ3v) is 5.49. The second-order valence-corrected chi connectivity index (χ2v) is 7.83. The van der Waals surface area contributed by atoms with Gasteiger partial charge in [-0.25, -0.2) is 9.97 Å². The number of carbonyl (C=O) groups is 1. The maximum Gasteiger partial charge on any atom is 0.433 e. The van der Waals surface area contributed by atoms with Crippen molar-refractivity contribution in [3.05, 3.63) is 89.7 Å². The van der Waals surface area contributed by atoms with Gasteiger partial charge in [0, 0.05) is 16.8 Å². The number of anilines is 1. The standard InChI is InChI=1S/C27H22F3N3O3/c1-16-20(12-14-25(31-16)27(28,29)30)26(34)32-18-9-7-17(8-10-18)22-5-4-6-23(33-22)21-15-19(35-2)11-13-24(21)36-3/h4-15H,1-3H3,(H,32,34). The molecule has 4 rings (SSSR count). The van der Waals surface area contributed by atoms with Crippen molar-refractivity contribution in [3.63, 3.8) is 0 Å². The van der Waals surface area contributed by atoms with Crippen molar-refractivity contribution in [2.75, 3.05) is 19.5 Å². The van der Waals surface area contributed by atoms with Crippen LogP contribution in [0.2, 0.25) is 0 Å². The first-order valence-electron chi connectivity index (χ1n) is 10.9. The molecule has 1 N–H and O–H groups in total. The van der Waals surface area contributed by atoms with E-state index in [9.17, 15) is 18.0 Å². The number of aryl methyl sites for hydroxylation is 1. The highest BCUT2D eigenvalue weighted by Crippen LogP contribution is 2.33. The maximum absolute atomic E-state index is 12.8. The van der Waals surface area contributed by atoms with Crippen LogP contribution in [0.15, 0.2) is 72.8 Å². The van der Waals surface area contributed by atoms with E-state index in [1.54, 1.807) is 44.6 Å². The molecular formula is C27H22F3N3O3. The Kier molecular flexibility index (Phi) is 6.91. The fourth-order valence-corrected chi connectivity index (χ4v) is 3.64. The predicted molar refractivity (Wildman–Crippen MR) is 130 cm³/mol. The number of aromatic nitrogens is 2. The van der Waals surface area contributed by atoms with Crippen LogP contribution in [0.4, 0.5) is 18.9 Å². The summed E-state index contributed by atoms with van der Waals surface area (Å²) < 4.78 is 49.3. The highest BCUT2D eigenvalue weighted by molar-refractivity contribution is 6.05. The lowest BCUT2D eigenvalue weighted by atomic mass is 10.1. The monoisotopic (exact) mass is 493 g/mol. The van der Waals surface area contributed by atoms with Gasteiger partial charge in [0.1, 0.15) is 17.2 Å². The lowest BCUT2D eigenvalue weighted by molar-refractivity contribution is -0.141. The molecular weight excluding hydrogens is 471 g/mol. The zero-order valence-corrected chi connectivity index (χ0v) is 19.7. The fourth-order valence-electron chi connectivity index (χ4n) is 3.64. The number of hydrogen-bond donors (Lipinski definition) is 1. The summed E-state index contributed by atoms with van der Waals surface area (Å²) in [5, 5.41) is 2.69. The van der Waals surface area contributed by atoms with Gasteiger partial charge in [-0.15, -0.1) is 0 Å². The van der Waals surface area contributed by atoms with Gasteiger partial charge in [0.2, 0.25) is 0 Å². The fraction of sp³-hybridized carbons (Fsp3) is 0.148. The van der Waals surface area contributed by atoms with Crippen LogP contribution in [0.1, 0.15) is 21.7 Å². The minimum absolute atomic E-state index is 0.00655. The second-order valence-electron chi connectivity index (χ2n) is 7.83. The van der Waals surface area contributed by atoms with E-state index in [1.807, 2.05) is 30.3 Å². The number of alkyl halides is 3. The minimum atomic E-state index is -4.57. The predicted octanol–water partition coefficient (Wildman–Crippen LogP) is 6.41. The first-order valence-corrected chi connectivity index (χ1v) is 10.9. The number of benzene rings is 2. The number of methoxy groups -OCH3 is 2. The van der Waals surface area contributed by atoms with Crippen molar-refractivity contribution in [3.8, 4) is 34.0 Å². The third-order valence-electron chi connectivity index (χ3n) is 5.49. The average molecular weight is 493 g/mol. The van der Waals surface area contributed by atoms with Gasteiger partial charge < -0.3 is 14.8 Å². The Morgan fingerprint density at radius 1 is 0.861 bits per heavy atom. The van der Waals surface area contributed by atoms with E-state index in [0.717, 1.165) is 23.3 Å². The van der Waals surface area contributed by atoms with Gasteiger partial charge in [0.15, 0.2) is 0 Å². The molecule has 1 amide bonds. The molecule has 9 heteroatoms. The number of hydrogen-bond acceptors (Lipinski definition) is 5. The summed E-state index contributed by atoms with van der Waals surface area (Å²) in [6, 6.07) is 20.0. The molecule has 4 aromatic rings. The number of rotatable bonds is 6. The van der Waals surface area contributed by atoms with E-state index in [-0.39, 0.29) is 11.3 Å². The number of amides is 1. The van der Waals surface area contributed by atoms with Crippen LogP contribution in [-0.2, 0) is 6.18 Å². The van der Waals surface area contributed by atoms with E-state index in [0.29, 0.717) is 28.6 Å². The average Bonchev–Trinajstić information content (AvgIpc) is 2.88. The topological polar surface area (TPSA) is 73.3 Å². The van der Waals surface area contributed by atoms with Crippen LogP contribution in [-0.4, -0.2) is 30.1 Å². The number of carbonyl (C=O) groups excluding carboxylic acids is 1. The van der Waals surface area contributed by atoms with Gasteiger partial charge in [0.25, 0.3) is 5.91 Å². The number of nitrogens with one attached hydrogen (secondary N) is 1. The molecule has 2 aromatic heterocycles. The molecule has 0 spiro atoms. The quantitative estimate of drug-likeness (QED) is 0.336. The smallest absolute Gasteiger partial charge is 0.433 e. The molecule has 0 atom stereocenters. The van der Waals surface area contributed by atoms with Crippen LogP contribution in [0, 0.1) is 6.92 Å². The second kappa shape index (κ2) is 10.1. The van der Waals surface area contributed by atoms with Gasteiger partial charge >= 0.3 is 6.18 Å². The summed E-state index contributed by atoms with van der Waals surface area (Å²) in [5.41, 5.74) is 2.49. The van der Waals surface area contributed by atoms with Crippen LogP contribution in [0.3, 0.4) is 0 Å². The minimum Gasteiger partial charge on any atom is -0.497 e. The molecule has 6 nitrogen and oxygen atoms in total. The zero-order chi connectivity index (χ0) is 25.9. The van der Waals surface area contributed by atoms with Crippen LogP contribution in [0.25, 0.3) is 22.5 Å². The van der Waals surface area contributed by atoms with Crippen LogP contribution in [0.5, 0.6) is 11.5 Å². The molecule has 184 valence electrons. The lowest BCUT2D eigenvalue weighted by Gasteiger charge is -2.12. The van der Waals surface area contributed by atoms with Crippen molar-refractivity contribution in [2.24, 2.45) is 0 Å². The molecule has 0 fully saturated rings. The first-order chi connectivity index (χ1) is 17.2. The molecule has 2 aromatic carbocycles. The Hall–Kier alpha value is -4.40. The lowest BCUT2D eigenvalue weighted by Crippen LogP contribution is -2.16. The molecule has 0 unspecified atom stereocenters. The molecule has 0 saturated carbocycles. The van der Waals surface area contributed by atoms with Crippen LogP contribution < -0.4 is 14.8 Å². The van der Waals surface area contributed by atoms with Gasteiger partial charge in [0.05, 0.1) is 36.9 Å². The molecule has 0 bridgehead atoms. The van der Waals surface area contributed by atoms with Gasteiger partial charge in [-0.3, -0.25) is 4.79 Å². The summed E-state index contributed by atoms with van der Waals surface area (Å²) in [5.74, 6) is 0.787. The van der Waals surface area contributed by atoms with E-state index >= 15 is 0 Å². The number of nitrogens with zero attached hydrogens (tertiary/aromatic N) is 2. The molecule has 2 heterocycles.